The molecular weight excluding hydrogens is 180 g/mol. The molecule has 0 aromatic heterocycles. The Labute approximate surface area is 85.4 Å². The molecule has 1 aliphatic carbocycles. The maximum absolute atomic E-state index is 11.5. The zero-order valence-electron chi connectivity index (χ0n) is 9.03. The molecule has 14 heavy (non-hydrogen) atoms. The molecule has 2 atom stereocenters. The zero-order chi connectivity index (χ0) is 10.6. The molecule has 82 valence electrons. The molecule has 0 aromatic carbocycles. The van der Waals surface area contributed by atoms with Crippen molar-refractivity contribution in [2.75, 3.05) is 20.8 Å². The third-order valence-electron chi connectivity index (χ3n) is 2.94. The highest BCUT2D eigenvalue weighted by molar-refractivity contribution is 5.77. The van der Waals surface area contributed by atoms with Crippen molar-refractivity contribution in [3.8, 4) is 0 Å². The van der Waals surface area contributed by atoms with Crippen molar-refractivity contribution in [3.05, 3.63) is 0 Å². The number of nitrogens with two attached hydrogens (primary N) is 1. The van der Waals surface area contributed by atoms with E-state index < -0.39 is 0 Å². The molecule has 0 saturated heterocycles. The quantitative estimate of drug-likeness (QED) is 0.715. The fraction of sp³-hybridized carbons (Fsp3) is 0.900. The van der Waals surface area contributed by atoms with Crippen molar-refractivity contribution >= 4 is 5.91 Å². The van der Waals surface area contributed by atoms with E-state index in [2.05, 4.69) is 0 Å². The first-order valence-electron chi connectivity index (χ1n) is 5.17. The van der Waals surface area contributed by atoms with Gasteiger partial charge in [0.1, 0.15) is 6.61 Å². The summed E-state index contributed by atoms with van der Waals surface area (Å²) < 4.78 is 4.82. The van der Waals surface area contributed by atoms with E-state index in [1.165, 1.54) is 20.0 Å². The number of carbonyl (C=O) groups is 1. The Balaban J connectivity index is 2.48. The molecule has 1 rings (SSSR count). The minimum atomic E-state index is 0.0230. The topological polar surface area (TPSA) is 55.6 Å². The van der Waals surface area contributed by atoms with E-state index in [9.17, 15) is 4.79 Å². The van der Waals surface area contributed by atoms with Crippen molar-refractivity contribution in [2.24, 2.45) is 5.73 Å². The highest BCUT2D eigenvalue weighted by Crippen LogP contribution is 2.20. The molecule has 0 spiro atoms. The van der Waals surface area contributed by atoms with Gasteiger partial charge in [0, 0.05) is 26.2 Å². The first kappa shape index (κ1) is 11.5. The summed E-state index contributed by atoms with van der Waals surface area (Å²) in [5, 5.41) is 0. The van der Waals surface area contributed by atoms with E-state index in [0.29, 0.717) is 0 Å². The van der Waals surface area contributed by atoms with Crippen LogP contribution in [0.1, 0.15) is 25.7 Å². The van der Waals surface area contributed by atoms with Crippen LogP contribution in [0.3, 0.4) is 0 Å². The van der Waals surface area contributed by atoms with Gasteiger partial charge < -0.3 is 15.4 Å². The lowest BCUT2D eigenvalue weighted by Gasteiger charge is -2.35. The van der Waals surface area contributed by atoms with Crippen LogP contribution >= 0.6 is 0 Å². The third-order valence-corrected chi connectivity index (χ3v) is 2.94. The van der Waals surface area contributed by atoms with Crippen molar-refractivity contribution in [1.82, 2.24) is 4.90 Å². The van der Waals surface area contributed by atoms with Gasteiger partial charge >= 0.3 is 0 Å². The standard InChI is InChI=1S/C10H20N2O2/c1-12(10(13)7-14-2)9-6-4-3-5-8(9)11/h8-9H,3-7,11H2,1-2H3/t8-,9-/m1/s1. The minimum Gasteiger partial charge on any atom is -0.375 e. The largest absolute Gasteiger partial charge is 0.375 e. The second kappa shape index (κ2) is 5.32. The molecule has 0 aromatic rings. The summed E-state index contributed by atoms with van der Waals surface area (Å²) in [6.07, 6.45) is 4.40. The van der Waals surface area contributed by atoms with Crippen LogP contribution in [0.2, 0.25) is 0 Å². The van der Waals surface area contributed by atoms with Gasteiger partial charge in [-0.2, -0.15) is 0 Å². The van der Waals surface area contributed by atoms with Crippen molar-refractivity contribution in [1.29, 1.82) is 0 Å². The smallest absolute Gasteiger partial charge is 0.248 e. The fourth-order valence-corrected chi connectivity index (χ4v) is 2.03. The summed E-state index contributed by atoms with van der Waals surface area (Å²) in [5.74, 6) is 0.0230. The van der Waals surface area contributed by atoms with Crippen LogP contribution in [0.25, 0.3) is 0 Å². The molecular formula is C10H20N2O2. The Morgan fingerprint density at radius 2 is 2.14 bits per heavy atom. The monoisotopic (exact) mass is 200 g/mol. The van der Waals surface area contributed by atoms with Crippen LogP contribution in [0, 0.1) is 0 Å². The summed E-state index contributed by atoms with van der Waals surface area (Å²) in [6, 6.07) is 0.334. The van der Waals surface area contributed by atoms with Crippen molar-refractivity contribution < 1.29 is 9.53 Å². The average molecular weight is 200 g/mol. The number of hydrogen-bond donors (Lipinski definition) is 1. The summed E-state index contributed by atoms with van der Waals surface area (Å²) in [4.78, 5) is 13.3. The van der Waals surface area contributed by atoms with E-state index in [-0.39, 0.29) is 24.6 Å². The van der Waals surface area contributed by atoms with E-state index in [1.54, 1.807) is 4.90 Å². The zero-order valence-corrected chi connectivity index (χ0v) is 9.03. The Kier molecular flexibility index (Phi) is 4.35. The van der Waals surface area contributed by atoms with E-state index in [1.807, 2.05) is 7.05 Å². The molecule has 0 bridgehead atoms. The molecule has 4 heteroatoms. The predicted molar refractivity (Wildman–Crippen MR) is 54.9 cm³/mol. The lowest BCUT2D eigenvalue weighted by molar-refractivity contribution is -0.136. The normalized spacial score (nSPS) is 27.4. The highest BCUT2D eigenvalue weighted by Gasteiger charge is 2.27. The van der Waals surface area contributed by atoms with Gasteiger partial charge in [0.25, 0.3) is 0 Å². The fourth-order valence-electron chi connectivity index (χ4n) is 2.03. The van der Waals surface area contributed by atoms with Crippen LogP contribution in [0.5, 0.6) is 0 Å². The highest BCUT2D eigenvalue weighted by atomic mass is 16.5. The lowest BCUT2D eigenvalue weighted by Crippen LogP contribution is -2.51. The Hall–Kier alpha value is -0.610. The Bertz CT molecular complexity index is 197. The summed E-state index contributed by atoms with van der Waals surface area (Å²) >= 11 is 0. The number of nitrogens with zero attached hydrogens (tertiary/aromatic N) is 1. The summed E-state index contributed by atoms with van der Waals surface area (Å²) in [6.45, 7) is 0.152. The molecule has 0 radical (unpaired) electrons. The van der Waals surface area contributed by atoms with E-state index in [0.717, 1.165) is 12.8 Å². The van der Waals surface area contributed by atoms with Crippen LogP contribution in [-0.2, 0) is 9.53 Å². The van der Waals surface area contributed by atoms with Gasteiger partial charge in [0.2, 0.25) is 5.91 Å². The first-order chi connectivity index (χ1) is 6.66. The predicted octanol–water partition coefficient (Wildman–Crippen LogP) is 0.361. The van der Waals surface area contributed by atoms with Crippen LogP contribution in [0.4, 0.5) is 0 Å². The Morgan fingerprint density at radius 1 is 1.50 bits per heavy atom. The SMILES string of the molecule is COCC(=O)N(C)[C@@H]1CCCC[C@H]1N. The molecule has 0 unspecified atom stereocenters. The van der Waals surface area contributed by atoms with E-state index in [4.69, 9.17) is 10.5 Å². The molecule has 1 amide bonds. The summed E-state index contributed by atoms with van der Waals surface area (Å²) in [5.41, 5.74) is 5.98. The van der Waals surface area contributed by atoms with Crippen molar-refractivity contribution in [3.63, 3.8) is 0 Å². The second-order valence-corrected chi connectivity index (χ2v) is 3.95. The maximum Gasteiger partial charge on any atom is 0.248 e. The third kappa shape index (κ3) is 2.69. The molecule has 1 fully saturated rings. The number of likely N-dealkylation sites (N-methyl/N-ethyl adjacent to an activating group) is 1. The number of rotatable bonds is 3. The molecule has 0 heterocycles. The van der Waals surface area contributed by atoms with Gasteiger partial charge in [-0.15, -0.1) is 0 Å². The average Bonchev–Trinajstić information content (AvgIpc) is 2.18. The molecule has 1 aliphatic rings. The number of hydrogen-bond acceptors (Lipinski definition) is 3. The maximum atomic E-state index is 11.5. The van der Waals surface area contributed by atoms with Gasteiger partial charge in [-0.05, 0) is 12.8 Å². The Morgan fingerprint density at radius 3 is 2.71 bits per heavy atom. The van der Waals surface area contributed by atoms with Crippen LogP contribution in [0.15, 0.2) is 0 Å². The van der Waals surface area contributed by atoms with E-state index >= 15 is 0 Å². The number of amides is 1. The first-order valence-corrected chi connectivity index (χ1v) is 5.17. The van der Waals surface area contributed by atoms with Gasteiger partial charge in [-0.3, -0.25) is 4.79 Å². The number of ether oxygens (including phenoxy) is 1. The number of carbonyl (C=O) groups excluding carboxylic acids is 1. The second-order valence-electron chi connectivity index (χ2n) is 3.95. The van der Waals surface area contributed by atoms with Gasteiger partial charge in [-0.25, -0.2) is 0 Å². The van der Waals surface area contributed by atoms with Gasteiger partial charge in [0.05, 0.1) is 0 Å². The minimum absolute atomic E-state index is 0.0230. The van der Waals surface area contributed by atoms with Crippen LogP contribution in [-0.4, -0.2) is 43.7 Å². The molecule has 0 aliphatic heterocycles. The van der Waals surface area contributed by atoms with Crippen molar-refractivity contribution in [2.45, 2.75) is 37.8 Å². The van der Waals surface area contributed by atoms with Crippen LogP contribution < -0.4 is 5.73 Å². The number of methoxy groups -OCH3 is 1. The molecule has 2 N–H and O–H groups in total. The molecule has 4 nitrogen and oxygen atoms in total. The van der Waals surface area contributed by atoms with Gasteiger partial charge in [0.15, 0.2) is 0 Å². The summed E-state index contributed by atoms with van der Waals surface area (Å²) in [7, 11) is 3.35. The van der Waals surface area contributed by atoms with Gasteiger partial charge in [-0.1, -0.05) is 12.8 Å². The lowest BCUT2D eigenvalue weighted by atomic mass is 9.90. The molecule has 1 saturated carbocycles.